The van der Waals surface area contributed by atoms with E-state index in [0.717, 1.165) is 53.8 Å². The Kier molecular flexibility index (Phi) is 8.68. The highest BCUT2D eigenvalue weighted by molar-refractivity contribution is 5.39. The smallest absolute Gasteiger partial charge is 0.0720 e. The van der Waals surface area contributed by atoms with Gasteiger partial charge in [-0.1, -0.05) is 64.8 Å². The highest BCUT2D eigenvalue weighted by Crippen LogP contribution is 2.68. The van der Waals surface area contributed by atoms with E-state index in [1.165, 1.54) is 62.5 Å². The molecule has 4 heteroatoms. The van der Waals surface area contributed by atoms with Crippen molar-refractivity contribution in [3.05, 3.63) is 59.7 Å². The zero-order valence-corrected chi connectivity index (χ0v) is 26.7. The van der Waals surface area contributed by atoms with Crippen LogP contribution < -0.4 is 11.5 Å². The van der Waals surface area contributed by atoms with Crippen LogP contribution in [0.15, 0.2) is 48.5 Å². The van der Waals surface area contributed by atoms with Crippen LogP contribution in [-0.4, -0.2) is 12.2 Å². The second-order valence-electron chi connectivity index (χ2n) is 15.3. The number of nitrogens with two attached hydrogens (primary N) is 2. The highest BCUT2D eigenvalue weighted by Gasteiger charge is 2.62. The number of hydrogen-bond acceptors (Lipinski definition) is 4. The SMILES string of the molecule is CCC[C@@H](C)[C@H]1CC[C@H]2[C@@H]3CC(OCc4ccc(N)cc4)C4CC(OCc5ccc(N)cc5)CC[C@]4(C)[C@H]3CC[C@]12C. The molecular weight excluding hydrogens is 516 g/mol. The summed E-state index contributed by atoms with van der Waals surface area (Å²) in [6.45, 7) is 11.6. The van der Waals surface area contributed by atoms with Crippen LogP contribution in [0.25, 0.3) is 0 Å². The van der Waals surface area contributed by atoms with E-state index in [4.69, 9.17) is 20.9 Å². The summed E-state index contributed by atoms with van der Waals surface area (Å²) in [4.78, 5) is 0. The van der Waals surface area contributed by atoms with Crippen molar-refractivity contribution in [2.75, 3.05) is 11.5 Å². The molecule has 6 rings (SSSR count). The number of ether oxygens (including phenoxy) is 2. The lowest BCUT2D eigenvalue weighted by Gasteiger charge is -2.63. The summed E-state index contributed by atoms with van der Waals surface area (Å²) < 4.78 is 13.6. The van der Waals surface area contributed by atoms with Gasteiger partial charge in [0.15, 0.2) is 0 Å². The number of fused-ring (bicyclic) bond motifs is 5. The third-order valence-corrected chi connectivity index (χ3v) is 13.0. The summed E-state index contributed by atoms with van der Waals surface area (Å²) in [6, 6.07) is 16.4. The number of rotatable bonds is 9. The summed E-state index contributed by atoms with van der Waals surface area (Å²) >= 11 is 0. The molecule has 0 aliphatic heterocycles. The van der Waals surface area contributed by atoms with Gasteiger partial charge in [0.1, 0.15) is 0 Å². The summed E-state index contributed by atoms with van der Waals surface area (Å²) in [5.41, 5.74) is 16.8. The van der Waals surface area contributed by atoms with Crippen LogP contribution in [0.1, 0.15) is 103 Å². The van der Waals surface area contributed by atoms with Crippen LogP contribution in [0.2, 0.25) is 0 Å². The molecule has 4 nitrogen and oxygen atoms in total. The van der Waals surface area contributed by atoms with Gasteiger partial charge in [-0.3, -0.25) is 0 Å². The number of nitrogen functional groups attached to an aromatic ring is 2. The molecule has 4 fully saturated rings. The summed E-state index contributed by atoms with van der Waals surface area (Å²) in [7, 11) is 0. The number of benzene rings is 2. The average Bonchev–Trinajstić information content (AvgIpc) is 3.34. The average molecular weight is 573 g/mol. The maximum atomic E-state index is 7.00. The first-order valence-electron chi connectivity index (χ1n) is 17.1. The lowest BCUT2D eigenvalue weighted by Crippen LogP contribution is -2.59. The van der Waals surface area contributed by atoms with E-state index in [1.54, 1.807) is 0 Å². The van der Waals surface area contributed by atoms with Crippen molar-refractivity contribution in [3.8, 4) is 0 Å². The third-order valence-electron chi connectivity index (χ3n) is 13.0. The van der Waals surface area contributed by atoms with Crippen LogP contribution in [0.5, 0.6) is 0 Å². The largest absolute Gasteiger partial charge is 0.399 e. The Morgan fingerprint density at radius 2 is 1.33 bits per heavy atom. The Labute approximate surface area is 255 Å². The second-order valence-corrected chi connectivity index (χ2v) is 15.3. The lowest BCUT2D eigenvalue weighted by atomic mass is 9.43. The Morgan fingerprint density at radius 3 is 1.98 bits per heavy atom. The molecule has 0 saturated heterocycles. The van der Waals surface area contributed by atoms with Gasteiger partial charge in [0.25, 0.3) is 0 Å². The van der Waals surface area contributed by atoms with Gasteiger partial charge in [-0.15, -0.1) is 0 Å². The van der Waals surface area contributed by atoms with E-state index >= 15 is 0 Å². The van der Waals surface area contributed by atoms with Crippen molar-refractivity contribution in [1.29, 1.82) is 0 Å². The first-order valence-corrected chi connectivity index (χ1v) is 17.1. The Morgan fingerprint density at radius 1 is 0.738 bits per heavy atom. The fourth-order valence-corrected chi connectivity index (χ4v) is 10.8. The van der Waals surface area contributed by atoms with E-state index in [1.807, 2.05) is 24.3 Å². The standard InChI is InChI=1S/C38H56N2O2/c1-5-6-25(2)32-15-16-33-31-22-36(42-24-27-9-13-29(40)14-10-27)35-21-30(41-23-26-7-11-28(39)12-8-26)17-19-38(35,4)34(31)18-20-37(32,33)3/h7-14,25,30-36H,5-6,15-24,39-40H2,1-4H3/t25-,30?,31+,32-,33+,34+,35?,36?,37-,38-/m1/s1. The van der Waals surface area contributed by atoms with Crippen molar-refractivity contribution >= 4 is 11.4 Å². The molecule has 230 valence electrons. The van der Waals surface area contributed by atoms with Gasteiger partial charge in [0.05, 0.1) is 25.4 Å². The fourth-order valence-electron chi connectivity index (χ4n) is 10.8. The zero-order valence-electron chi connectivity index (χ0n) is 26.7. The molecule has 0 radical (unpaired) electrons. The molecule has 0 aromatic heterocycles. The van der Waals surface area contributed by atoms with Crippen LogP contribution in [-0.2, 0) is 22.7 Å². The molecule has 3 unspecified atom stereocenters. The normalized spacial score (nSPS) is 38.3. The van der Waals surface area contributed by atoms with E-state index in [0.29, 0.717) is 36.1 Å². The third kappa shape index (κ3) is 5.63. The fraction of sp³-hybridized carbons (Fsp3) is 0.684. The molecule has 4 saturated carbocycles. The van der Waals surface area contributed by atoms with Gasteiger partial charge in [-0.2, -0.15) is 0 Å². The van der Waals surface area contributed by atoms with Crippen LogP contribution >= 0.6 is 0 Å². The molecule has 4 N–H and O–H groups in total. The van der Waals surface area contributed by atoms with E-state index in [9.17, 15) is 0 Å². The van der Waals surface area contributed by atoms with Crippen LogP contribution in [0, 0.1) is 46.3 Å². The Bertz CT molecular complexity index is 1180. The molecule has 0 spiro atoms. The van der Waals surface area contributed by atoms with E-state index < -0.39 is 0 Å². The minimum Gasteiger partial charge on any atom is -0.399 e. The van der Waals surface area contributed by atoms with Crippen molar-refractivity contribution in [2.24, 2.45) is 46.3 Å². The predicted molar refractivity (Wildman–Crippen MR) is 174 cm³/mol. The molecule has 2 aromatic carbocycles. The number of hydrogen-bond donors (Lipinski definition) is 2. The molecule has 4 aliphatic carbocycles. The molecule has 2 aromatic rings. The van der Waals surface area contributed by atoms with Gasteiger partial charge in [0, 0.05) is 11.4 Å². The molecule has 0 bridgehead atoms. The maximum absolute atomic E-state index is 7.00. The van der Waals surface area contributed by atoms with Crippen molar-refractivity contribution in [3.63, 3.8) is 0 Å². The predicted octanol–water partition coefficient (Wildman–Crippen LogP) is 9.03. The van der Waals surface area contributed by atoms with E-state index in [-0.39, 0.29) is 6.10 Å². The minimum absolute atomic E-state index is 0.284. The van der Waals surface area contributed by atoms with Gasteiger partial charge >= 0.3 is 0 Å². The Hall–Kier alpha value is -2.04. The minimum atomic E-state index is 0.284. The number of anilines is 2. The summed E-state index contributed by atoms with van der Waals surface area (Å²) in [6.07, 6.45) is 13.7. The quantitative estimate of drug-likeness (QED) is 0.294. The Balaban J connectivity index is 1.22. The van der Waals surface area contributed by atoms with Crippen LogP contribution in [0.3, 0.4) is 0 Å². The van der Waals surface area contributed by atoms with Crippen molar-refractivity contribution < 1.29 is 9.47 Å². The monoisotopic (exact) mass is 572 g/mol. The van der Waals surface area contributed by atoms with Crippen LogP contribution in [0.4, 0.5) is 11.4 Å². The highest BCUT2D eigenvalue weighted by atomic mass is 16.5. The van der Waals surface area contributed by atoms with Gasteiger partial charge in [-0.25, -0.2) is 0 Å². The maximum Gasteiger partial charge on any atom is 0.0720 e. The molecule has 10 atom stereocenters. The second kappa shape index (κ2) is 12.2. The molecule has 0 amide bonds. The topological polar surface area (TPSA) is 70.5 Å². The summed E-state index contributed by atoms with van der Waals surface area (Å²) in [5, 5.41) is 0. The van der Waals surface area contributed by atoms with Crippen molar-refractivity contribution in [2.45, 2.75) is 117 Å². The lowest BCUT2D eigenvalue weighted by molar-refractivity contribution is -0.194. The molecule has 0 heterocycles. The summed E-state index contributed by atoms with van der Waals surface area (Å²) in [5.74, 6) is 4.72. The van der Waals surface area contributed by atoms with Crippen molar-refractivity contribution in [1.82, 2.24) is 0 Å². The van der Waals surface area contributed by atoms with Gasteiger partial charge in [-0.05, 0) is 133 Å². The first-order chi connectivity index (χ1) is 20.2. The molecule has 42 heavy (non-hydrogen) atoms. The molecule has 4 aliphatic rings. The van der Waals surface area contributed by atoms with E-state index in [2.05, 4.69) is 52.0 Å². The molecular formula is C38H56N2O2. The van der Waals surface area contributed by atoms with Gasteiger partial charge in [0.2, 0.25) is 0 Å². The van der Waals surface area contributed by atoms with Gasteiger partial charge < -0.3 is 20.9 Å². The zero-order chi connectivity index (χ0) is 29.5. The first kappa shape index (κ1) is 30.0.